The minimum atomic E-state index is -4.49. The molecule has 0 aliphatic heterocycles. The third-order valence-electron chi connectivity index (χ3n) is 2.89. The van der Waals surface area contributed by atoms with E-state index >= 15 is 0 Å². The van der Waals surface area contributed by atoms with Crippen LogP contribution in [0.15, 0.2) is 54.6 Å². The number of benzene rings is 2. The number of halogens is 3. The number of hydrogen-bond donors (Lipinski definition) is 1. The lowest BCUT2D eigenvalue weighted by atomic mass is 10.1. The Morgan fingerprint density at radius 1 is 0.955 bits per heavy atom. The van der Waals surface area contributed by atoms with E-state index in [1.54, 1.807) is 30.3 Å². The molecule has 1 amide bonds. The van der Waals surface area contributed by atoms with Crippen molar-refractivity contribution in [2.45, 2.75) is 12.6 Å². The normalized spacial score (nSPS) is 11.0. The first-order valence-electron chi connectivity index (χ1n) is 6.41. The Kier molecular flexibility index (Phi) is 4.60. The zero-order chi connectivity index (χ0) is 16.2. The van der Waals surface area contributed by atoms with E-state index in [1.807, 2.05) is 0 Å². The molecule has 0 bridgehead atoms. The molecule has 114 valence electrons. The third-order valence-corrected chi connectivity index (χ3v) is 2.89. The van der Waals surface area contributed by atoms with E-state index in [0.717, 1.165) is 12.1 Å². The summed E-state index contributed by atoms with van der Waals surface area (Å²) in [5.41, 5.74) is -0.484. The van der Waals surface area contributed by atoms with Crippen LogP contribution in [-0.2, 0) is 11.0 Å². The van der Waals surface area contributed by atoms with Crippen LogP contribution in [0.1, 0.15) is 22.3 Å². The van der Waals surface area contributed by atoms with Crippen molar-refractivity contribution in [2.75, 3.05) is 5.32 Å². The number of ketones is 1. The summed E-state index contributed by atoms with van der Waals surface area (Å²) >= 11 is 0. The molecule has 2 rings (SSSR count). The Bertz CT molecular complexity index is 681. The molecule has 0 saturated heterocycles. The van der Waals surface area contributed by atoms with Gasteiger partial charge in [-0.15, -0.1) is 0 Å². The summed E-state index contributed by atoms with van der Waals surface area (Å²) in [6, 6.07) is 12.5. The van der Waals surface area contributed by atoms with Gasteiger partial charge in [-0.25, -0.2) is 0 Å². The molecule has 2 aromatic rings. The van der Waals surface area contributed by atoms with E-state index in [4.69, 9.17) is 0 Å². The van der Waals surface area contributed by atoms with Crippen molar-refractivity contribution in [3.05, 3.63) is 65.7 Å². The van der Waals surface area contributed by atoms with E-state index < -0.39 is 29.9 Å². The van der Waals surface area contributed by atoms with Crippen LogP contribution in [0.4, 0.5) is 18.9 Å². The molecule has 0 unspecified atom stereocenters. The summed E-state index contributed by atoms with van der Waals surface area (Å²) in [5.74, 6) is -1.06. The molecule has 0 aliphatic rings. The Morgan fingerprint density at radius 2 is 1.64 bits per heavy atom. The number of carbonyl (C=O) groups excluding carboxylic acids is 2. The molecule has 6 heteroatoms. The predicted octanol–water partition coefficient (Wildman–Crippen LogP) is 3.92. The average molecular weight is 307 g/mol. The number of alkyl halides is 3. The first-order chi connectivity index (χ1) is 10.4. The summed E-state index contributed by atoms with van der Waals surface area (Å²) in [4.78, 5) is 23.6. The highest BCUT2D eigenvalue weighted by Gasteiger charge is 2.30. The van der Waals surface area contributed by atoms with E-state index in [9.17, 15) is 22.8 Å². The van der Waals surface area contributed by atoms with Crippen LogP contribution in [0, 0.1) is 0 Å². The molecule has 0 spiro atoms. The Balaban J connectivity index is 2.02. The smallest absolute Gasteiger partial charge is 0.326 e. The van der Waals surface area contributed by atoms with Crippen molar-refractivity contribution in [3.63, 3.8) is 0 Å². The van der Waals surface area contributed by atoms with Gasteiger partial charge >= 0.3 is 6.18 Å². The second-order valence-electron chi connectivity index (χ2n) is 4.59. The molecule has 0 atom stereocenters. The average Bonchev–Trinajstić information content (AvgIpc) is 2.47. The van der Waals surface area contributed by atoms with Crippen molar-refractivity contribution in [3.8, 4) is 0 Å². The van der Waals surface area contributed by atoms with Crippen LogP contribution in [0.3, 0.4) is 0 Å². The van der Waals surface area contributed by atoms with E-state index in [0.29, 0.717) is 5.56 Å². The molecular formula is C16H12F3NO2. The number of amides is 1. The van der Waals surface area contributed by atoms with Crippen LogP contribution in [0.5, 0.6) is 0 Å². The fraction of sp³-hybridized carbons (Fsp3) is 0.125. The lowest BCUT2D eigenvalue weighted by Crippen LogP contribution is -2.17. The van der Waals surface area contributed by atoms with Crippen LogP contribution in [0.25, 0.3) is 0 Å². The van der Waals surface area contributed by atoms with Gasteiger partial charge in [0.25, 0.3) is 0 Å². The largest absolute Gasteiger partial charge is 0.416 e. The summed E-state index contributed by atoms with van der Waals surface area (Å²) < 4.78 is 37.7. The van der Waals surface area contributed by atoms with Gasteiger partial charge in [0.05, 0.1) is 12.0 Å². The van der Waals surface area contributed by atoms with Crippen molar-refractivity contribution >= 4 is 17.4 Å². The lowest BCUT2D eigenvalue weighted by molar-refractivity contribution is -0.137. The van der Waals surface area contributed by atoms with Crippen LogP contribution >= 0.6 is 0 Å². The summed E-state index contributed by atoms with van der Waals surface area (Å²) in [5, 5.41) is 2.30. The topological polar surface area (TPSA) is 46.2 Å². The molecule has 1 N–H and O–H groups in total. The number of nitrogens with one attached hydrogen (secondary N) is 1. The number of anilines is 1. The maximum Gasteiger partial charge on any atom is 0.416 e. The van der Waals surface area contributed by atoms with Gasteiger partial charge in [-0.2, -0.15) is 13.2 Å². The summed E-state index contributed by atoms with van der Waals surface area (Å²) in [6.07, 6.45) is -4.92. The summed E-state index contributed by atoms with van der Waals surface area (Å²) in [7, 11) is 0. The summed E-state index contributed by atoms with van der Waals surface area (Å²) in [6.45, 7) is 0. The number of Topliss-reactive ketones (excluding diaryl/α,β-unsaturated/α-hetero) is 1. The molecule has 22 heavy (non-hydrogen) atoms. The fourth-order valence-corrected chi connectivity index (χ4v) is 1.85. The van der Waals surface area contributed by atoms with Gasteiger partial charge in [0.15, 0.2) is 5.78 Å². The molecule has 0 aromatic heterocycles. The highest BCUT2D eigenvalue weighted by Crippen LogP contribution is 2.30. The van der Waals surface area contributed by atoms with Crippen molar-refractivity contribution in [2.24, 2.45) is 0 Å². The van der Waals surface area contributed by atoms with E-state index in [2.05, 4.69) is 5.32 Å². The lowest BCUT2D eigenvalue weighted by Gasteiger charge is -2.09. The zero-order valence-electron chi connectivity index (χ0n) is 11.4. The second-order valence-corrected chi connectivity index (χ2v) is 4.59. The van der Waals surface area contributed by atoms with Gasteiger partial charge in [-0.1, -0.05) is 36.4 Å². The quantitative estimate of drug-likeness (QED) is 0.687. The van der Waals surface area contributed by atoms with Gasteiger partial charge < -0.3 is 5.32 Å². The Labute approximate surface area is 124 Å². The highest BCUT2D eigenvalue weighted by atomic mass is 19.4. The molecular weight excluding hydrogens is 295 g/mol. The first kappa shape index (κ1) is 15.8. The predicted molar refractivity (Wildman–Crippen MR) is 75.5 cm³/mol. The second kappa shape index (κ2) is 6.43. The van der Waals surface area contributed by atoms with Gasteiger partial charge in [0.2, 0.25) is 5.91 Å². The Morgan fingerprint density at radius 3 is 2.27 bits per heavy atom. The minimum Gasteiger partial charge on any atom is -0.326 e. The van der Waals surface area contributed by atoms with Gasteiger partial charge in [-0.3, -0.25) is 9.59 Å². The van der Waals surface area contributed by atoms with Gasteiger partial charge in [0, 0.05) is 11.3 Å². The van der Waals surface area contributed by atoms with Crippen LogP contribution in [0.2, 0.25) is 0 Å². The van der Waals surface area contributed by atoms with Crippen molar-refractivity contribution < 1.29 is 22.8 Å². The fourth-order valence-electron chi connectivity index (χ4n) is 1.85. The molecule has 3 nitrogen and oxygen atoms in total. The van der Waals surface area contributed by atoms with Crippen LogP contribution < -0.4 is 5.32 Å². The minimum absolute atomic E-state index is 0.000636. The maximum atomic E-state index is 12.6. The number of rotatable bonds is 4. The van der Waals surface area contributed by atoms with E-state index in [-0.39, 0.29) is 5.69 Å². The Hall–Kier alpha value is -2.63. The zero-order valence-corrected chi connectivity index (χ0v) is 11.4. The molecule has 0 saturated carbocycles. The standard InChI is InChI=1S/C16H12F3NO2/c17-16(18,19)12-7-4-8-13(9-12)20-15(22)10-14(21)11-5-2-1-3-6-11/h1-9H,10H2,(H,20,22). The maximum absolute atomic E-state index is 12.6. The molecule has 0 aliphatic carbocycles. The first-order valence-corrected chi connectivity index (χ1v) is 6.41. The molecule has 0 radical (unpaired) electrons. The van der Waals surface area contributed by atoms with Crippen LogP contribution in [-0.4, -0.2) is 11.7 Å². The van der Waals surface area contributed by atoms with E-state index in [1.165, 1.54) is 12.1 Å². The van der Waals surface area contributed by atoms with Gasteiger partial charge in [-0.05, 0) is 18.2 Å². The van der Waals surface area contributed by atoms with Gasteiger partial charge in [0.1, 0.15) is 0 Å². The molecule has 0 heterocycles. The monoisotopic (exact) mass is 307 g/mol. The number of hydrogen-bond acceptors (Lipinski definition) is 2. The third kappa shape index (κ3) is 4.18. The SMILES string of the molecule is O=C(CC(=O)c1ccccc1)Nc1cccc(C(F)(F)F)c1. The number of carbonyl (C=O) groups is 2. The molecule has 2 aromatic carbocycles. The highest BCUT2D eigenvalue weighted by molar-refractivity contribution is 6.10. The van der Waals surface area contributed by atoms with Crippen molar-refractivity contribution in [1.29, 1.82) is 0 Å². The van der Waals surface area contributed by atoms with Crippen molar-refractivity contribution in [1.82, 2.24) is 0 Å². The molecule has 0 fully saturated rings.